The molecule has 2 heterocycles. The summed E-state index contributed by atoms with van der Waals surface area (Å²) < 4.78 is 2.26. The van der Waals surface area contributed by atoms with Crippen LogP contribution in [0.1, 0.15) is 16.7 Å². The molecule has 0 unspecified atom stereocenters. The van der Waals surface area contributed by atoms with Gasteiger partial charge in [-0.2, -0.15) is 0 Å². The lowest BCUT2D eigenvalue weighted by Crippen LogP contribution is -1.70. The van der Waals surface area contributed by atoms with Crippen LogP contribution in [0, 0.1) is 0 Å². The maximum absolute atomic E-state index is 8.54. The number of hydrogen-bond acceptors (Lipinski definition) is 3. The summed E-state index contributed by atoms with van der Waals surface area (Å²) in [5.74, 6) is 0. The van der Waals surface area contributed by atoms with Crippen molar-refractivity contribution in [2.45, 2.75) is 20.0 Å². The molecule has 2 aromatic rings. The van der Waals surface area contributed by atoms with Gasteiger partial charge in [0.2, 0.25) is 0 Å². The third kappa shape index (κ3) is 5.10. The summed E-state index contributed by atoms with van der Waals surface area (Å²) in [6.07, 6.45) is 1.15. The average Bonchev–Trinajstić information content (AvgIpc) is 2.88. The lowest BCUT2D eigenvalue weighted by Gasteiger charge is -1.79. The molecule has 0 amide bonds. The Labute approximate surface area is 120 Å². The molecule has 5 heteroatoms. The Hall–Kier alpha value is 0.320. The molecular formula is C11H12Br2OS2. The molecule has 2 aromatic heterocycles. The van der Waals surface area contributed by atoms with Crippen molar-refractivity contribution in [1.82, 2.24) is 0 Å². The van der Waals surface area contributed by atoms with E-state index in [-0.39, 0.29) is 6.61 Å². The molecule has 0 aromatic carbocycles. The van der Waals surface area contributed by atoms with Gasteiger partial charge in [-0.15, -0.1) is 22.7 Å². The fourth-order valence-corrected chi connectivity index (χ4v) is 3.69. The highest BCUT2D eigenvalue weighted by Gasteiger charge is 1.92. The summed E-state index contributed by atoms with van der Waals surface area (Å²) >= 11 is 10.0. The summed E-state index contributed by atoms with van der Waals surface area (Å²) in [5, 5.41) is 12.6. The zero-order valence-corrected chi connectivity index (χ0v) is 13.5. The van der Waals surface area contributed by atoms with Crippen molar-refractivity contribution in [1.29, 1.82) is 0 Å². The second-order valence-corrected chi connectivity index (χ2v) is 6.80. The fourth-order valence-electron chi connectivity index (χ4n) is 0.976. The van der Waals surface area contributed by atoms with Gasteiger partial charge in [0.05, 0.1) is 6.61 Å². The number of hydrogen-bond donors (Lipinski definition) is 1. The molecule has 0 aliphatic carbocycles. The predicted octanol–water partition coefficient (Wildman–Crippen LogP) is 5.08. The number of rotatable bonds is 2. The Bertz CT molecular complexity index is 383. The van der Waals surface area contributed by atoms with Gasteiger partial charge in [0.15, 0.2) is 0 Å². The van der Waals surface area contributed by atoms with Gasteiger partial charge in [-0.25, -0.2) is 0 Å². The monoisotopic (exact) mass is 382 g/mol. The molecule has 0 fully saturated rings. The highest BCUT2D eigenvalue weighted by molar-refractivity contribution is 9.10. The quantitative estimate of drug-likeness (QED) is 0.766. The van der Waals surface area contributed by atoms with Gasteiger partial charge in [0.25, 0.3) is 0 Å². The van der Waals surface area contributed by atoms with Crippen LogP contribution in [0.15, 0.2) is 31.8 Å². The normalized spacial score (nSPS) is 9.75. The van der Waals surface area contributed by atoms with Crippen LogP contribution in [0.4, 0.5) is 0 Å². The van der Waals surface area contributed by atoms with E-state index in [0.717, 1.165) is 15.8 Å². The van der Waals surface area contributed by atoms with Crippen LogP contribution in [0.25, 0.3) is 0 Å². The maximum Gasteiger partial charge on any atom is 0.0774 e. The summed E-state index contributed by atoms with van der Waals surface area (Å²) in [4.78, 5) is 2.44. The third-order valence-corrected chi connectivity index (χ3v) is 5.27. The average molecular weight is 384 g/mol. The highest BCUT2D eigenvalue weighted by atomic mass is 79.9. The highest BCUT2D eigenvalue weighted by Crippen LogP contribution is 2.19. The van der Waals surface area contributed by atoms with E-state index in [9.17, 15) is 0 Å². The standard InChI is InChI=1S/C6H7BrS.C5H5BrOS/c1-2-6-3-5(7)4-8-6;6-4-1-5(2-7)8-3-4/h3-4H,2H2,1H3;1,3,7H,2H2. The largest absolute Gasteiger partial charge is 0.391 e. The van der Waals surface area contributed by atoms with Crippen LogP contribution < -0.4 is 0 Å². The molecular weight excluding hydrogens is 372 g/mol. The van der Waals surface area contributed by atoms with Crippen molar-refractivity contribution in [3.63, 3.8) is 0 Å². The molecule has 0 spiro atoms. The Morgan fingerprint density at radius 2 is 1.56 bits per heavy atom. The zero-order chi connectivity index (χ0) is 12.0. The second kappa shape index (κ2) is 7.61. The smallest absolute Gasteiger partial charge is 0.0774 e. The summed E-state index contributed by atoms with van der Waals surface area (Å²) in [5.41, 5.74) is 0. The fraction of sp³-hybridized carbons (Fsp3) is 0.273. The maximum atomic E-state index is 8.54. The van der Waals surface area contributed by atoms with Crippen molar-refractivity contribution >= 4 is 54.5 Å². The molecule has 0 aliphatic heterocycles. The van der Waals surface area contributed by atoms with Crippen LogP contribution in [0.2, 0.25) is 0 Å². The molecule has 0 aliphatic rings. The van der Waals surface area contributed by atoms with Crippen LogP contribution in [0.3, 0.4) is 0 Å². The lowest BCUT2D eigenvalue weighted by molar-refractivity contribution is 0.285. The Morgan fingerprint density at radius 1 is 1.06 bits per heavy atom. The Balaban J connectivity index is 0.000000160. The summed E-state index contributed by atoms with van der Waals surface area (Å²) in [6, 6.07) is 4.06. The number of thiophene rings is 2. The van der Waals surface area contributed by atoms with Crippen molar-refractivity contribution in [3.05, 3.63) is 41.6 Å². The van der Waals surface area contributed by atoms with Crippen LogP contribution in [0.5, 0.6) is 0 Å². The minimum Gasteiger partial charge on any atom is -0.391 e. The lowest BCUT2D eigenvalue weighted by atomic mass is 10.4. The molecule has 0 atom stereocenters. The topological polar surface area (TPSA) is 20.2 Å². The second-order valence-electron chi connectivity index (χ2n) is 2.97. The summed E-state index contributed by atoms with van der Waals surface area (Å²) in [6.45, 7) is 2.31. The van der Waals surface area contributed by atoms with E-state index in [1.165, 1.54) is 9.35 Å². The van der Waals surface area contributed by atoms with Crippen LogP contribution in [-0.2, 0) is 13.0 Å². The molecule has 0 radical (unpaired) electrons. The van der Waals surface area contributed by atoms with E-state index < -0.39 is 0 Å². The van der Waals surface area contributed by atoms with E-state index in [4.69, 9.17) is 5.11 Å². The molecule has 0 bridgehead atoms. The van der Waals surface area contributed by atoms with Gasteiger partial charge < -0.3 is 5.11 Å². The third-order valence-electron chi connectivity index (χ3n) is 1.75. The first kappa shape index (κ1) is 14.4. The first-order valence-corrected chi connectivity index (χ1v) is 8.07. The molecule has 16 heavy (non-hydrogen) atoms. The number of aliphatic hydroxyl groups is 1. The van der Waals surface area contributed by atoms with Crippen molar-refractivity contribution in [3.8, 4) is 0 Å². The minimum atomic E-state index is 0.149. The Morgan fingerprint density at radius 3 is 1.75 bits per heavy atom. The van der Waals surface area contributed by atoms with Crippen LogP contribution >= 0.6 is 54.5 Å². The molecule has 2 rings (SSSR count). The molecule has 0 saturated carbocycles. The van der Waals surface area contributed by atoms with E-state index in [1.807, 2.05) is 11.4 Å². The van der Waals surface area contributed by atoms with Gasteiger partial charge >= 0.3 is 0 Å². The molecule has 1 nitrogen and oxygen atoms in total. The van der Waals surface area contributed by atoms with Gasteiger partial charge in [0, 0.05) is 29.5 Å². The van der Waals surface area contributed by atoms with Gasteiger partial charge in [-0.1, -0.05) is 6.92 Å². The van der Waals surface area contributed by atoms with Crippen molar-refractivity contribution in [2.75, 3.05) is 0 Å². The van der Waals surface area contributed by atoms with Gasteiger partial charge in [-0.3, -0.25) is 0 Å². The number of halogens is 2. The minimum absolute atomic E-state index is 0.149. The SMILES string of the molecule is CCc1cc(Br)cs1.OCc1cc(Br)cs1. The Kier molecular flexibility index (Phi) is 6.84. The first-order chi connectivity index (χ1) is 7.65. The molecule has 1 N–H and O–H groups in total. The van der Waals surface area contributed by atoms with E-state index >= 15 is 0 Å². The van der Waals surface area contributed by atoms with E-state index in [2.05, 4.69) is 50.2 Å². The van der Waals surface area contributed by atoms with Crippen molar-refractivity contribution < 1.29 is 5.11 Å². The van der Waals surface area contributed by atoms with Crippen molar-refractivity contribution in [2.24, 2.45) is 0 Å². The van der Waals surface area contributed by atoms with Crippen LogP contribution in [-0.4, -0.2) is 5.11 Å². The first-order valence-electron chi connectivity index (χ1n) is 4.72. The van der Waals surface area contributed by atoms with Gasteiger partial charge in [-0.05, 0) is 50.4 Å². The number of aryl methyl sites for hydroxylation is 1. The molecule has 88 valence electrons. The predicted molar refractivity (Wildman–Crippen MR) is 79.3 cm³/mol. The number of aliphatic hydroxyl groups excluding tert-OH is 1. The van der Waals surface area contributed by atoms with E-state index in [1.54, 1.807) is 22.7 Å². The molecule has 0 saturated heterocycles. The van der Waals surface area contributed by atoms with Gasteiger partial charge in [0.1, 0.15) is 0 Å². The zero-order valence-electron chi connectivity index (χ0n) is 8.74. The van der Waals surface area contributed by atoms with E-state index in [0.29, 0.717) is 0 Å². The summed E-state index contributed by atoms with van der Waals surface area (Å²) in [7, 11) is 0.